The van der Waals surface area contributed by atoms with Crippen LogP contribution in [0.3, 0.4) is 0 Å². The molecule has 1 atom stereocenters. The van der Waals surface area contributed by atoms with E-state index in [2.05, 4.69) is 24.3 Å². The smallest absolute Gasteiger partial charge is 0.0453 e. The zero-order valence-corrected chi connectivity index (χ0v) is 13.4. The molecule has 1 aliphatic carbocycles. The molecule has 0 aliphatic heterocycles. The number of hydrogen-bond donors (Lipinski definition) is 1. The maximum atomic E-state index is 6.34. The summed E-state index contributed by atoms with van der Waals surface area (Å²) in [5, 5.41) is 1.49. The van der Waals surface area contributed by atoms with E-state index in [4.69, 9.17) is 28.9 Å². The van der Waals surface area contributed by atoms with Gasteiger partial charge in [0.25, 0.3) is 0 Å². The van der Waals surface area contributed by atoms with E-state index in [0.29, 0.717) is 6.54 Å². The van der Waals surface area contributed by atoms with Crippen LogP contribution in [0.5, 0.6) is 0 Å². The van der Waals surface area contributed by atoms with Crippen LogP contribution in [0.25, 0.3) is 0 Å². The summed E-state index contributed by atoms with van der Waals surface area (Å²) in [4.78, 5) is 0. The fourth-order valence-corrected chi connectivity index (χ4v) is 3.87. The van der Waals surface area contributed by atoms with Crippen molar-refractivity contribution in [1.82, 2.24) is 0 Å². The van der Waals surface area contributed by atoms with E-state index in [9.17, 15) is 0 Å². The lowest BCUT2D eigenvalue weighted by Gasteiger charge is -2.38. The van der Waals surface area contributed by atoms with Gasteiger partial charge in [0.05, 0.1) is 0 Å². The highest BCUT2D eigenvalue weighted by Crippen LogP contribution is 2.40. The molecule has 21 heavy (non-hydrogen) atoms. The van der Waals surface area contributed by atoms with Crippen molar-refractivity contribution in [2.75, 3.05) is 6.54 Å². The Morgan fingerprint density at radius 1 is 0.952 bits per heavy atom. The fourth-order valence-electron chi connectivity index (χ4n) is 3.34. The number of aryl methyl sites for hydroxylation is 1. The van der Waals surface area contributed by atoms with Crippen molar-refractivity contribution in [2.24, 2.45) is 11.1 Å². The molecule has 0 heterocycles. The molecule has 0 spiro atoms. The second kappa shape index (κ2) is 6.00. The van der Waals surface area contributed by atoms with Gasteiger partial charge in [0.1, 0.15) is 0 Å². The first-order valence-corrected chi connectivity index (χ1v) is 8.09. The molecule has 0 saturated carbocycles. The summed E-state index contributed by atoms with van der Waals surface area (Å²) in [6, 6.07) is 14.4. The predicted molar refractivity (Wildman–Crippen MR) is 90.1 cm³/mol. The summed E-state index contributed by atoms with van der Waals surface area (Å²) in [5.41, 5.74) is 10.1. The third-order valence-electron chi connectivity index (χ3n) is 4.65. The monoisotopic (exact) mass is 319 g/mol. The molecule has 0 radical (unpaired) electrons. The molecular weight excluding hydrogens is 301 g/mol. The number of fused-ring (bicyclic) bond motifs is 1. The lowest BCUT2D eigenvalue weighted by Crippen LogP contribution is -2.38. The van der Waals surface area contributed by atoms with E-state index in [-0.39, 0.29) is 5.41 Å². The number of rotatable bonds is 3. The summed E-state index contributed by atoms with van der Waals surface area (Å²) in [6.07, 6.45) is 4.01. The Bertz CT molecular complexity index is 633. The average molecular weight is 320 g/mol. The summed E-state index contributed by atoms with van der Waals surface area (Å²) in [5.74, 6) is 0. The highest BCUT2D eigenvalue weighted by atomic mass is 35.5. The zero-order valence-electron chi connectivity index (χ0n) is 11.9. The standard InChI is InChI=1S/C18H19Cl2N/c19-16-6-3-7-17(20)15(16)11-18(12-21)9-8-13-4-1-2-5-14(13)10-18/h1-7H,8-12,21H2. The van der Waals surface area contributed by atoms with Crippen LogP contribution in [0, 0.1) is 5.41 Å². The minimum atomic E-state index is 0.0585. The van der Waals surface area contributed by atoms with Crippen molar-refractivity contribution < 1.29 is 0 Å². The first-order valence-electron chi connectivity index (χ1n) is 7.33. The minimum absolute atomic E-state index is 0.0585. The zero-order chi connectivity index (χ0) is 14.9. The molecule has 0 bridgehead atoms. The van der Waals surface area contributed by atoms with Crippen LogP contribution in [-0.4, -0.2) is 6.54 Å². The second-order valence-electron chi connectivity index (χ2n) is 6.03. The molecule has 110 valence electrons. The number of nitrogens with two attached hydrogens (primary N) is 1. The topological polar surface area (TPSA) is 26.0 Å². The van der Waals surface area contributed by atoms with Gasteiger partial charge in [-0.15, -0.1) is 0 Å². The molecule has 1 unspecified atom stereocenters. The number of benzene rings is 2. The number of halogens is 2. The van der Waals surface area contributed by atoms with Gasteiger partial charge in [0.15, 0.2) is 0 Å². The molecule has 0 aromatic heterocycles. The van der Waals surface area contributed by atoms with Crippen molar-refractivity contribution in [3.63, 3.8) is 0 Å². The normalized spacial score (nSPS) is 21.1. The quantitative estimate of drug-likeness (QED) is 0.874. The van der Waals surface area contributed by atoms with Crippen LogP contribution in [0.15, 0.2) is 42.5 Å². The fraction of sp³-hybridized carbons (Fsp3) is 0.333. The molecule has 2 N–H and O–H groups in total. The van der Waals surface area contributed by atoms with Crippen LogP contribution in [0.2, 0.25) is 10.0 Å². The van der Waals surface area contributed by atoms with E-state index in [1.54, 1.807) is 0 Å². The summed E-state index contributed by atoms with van der Waals surface area (Å²) in [7, 11) is 0. The van der Waals surface area contributed by atoms with Crippen molar-refractivity contribution in [3.05, 3.63) is 69.2 Å². The Balaban J connectivity index is 1.93. The Labute approximate surface area is 136 Å². The van der Waals surface area contributed by atoms with Crippen molar-refractivity contribution in [2.45, 2.75) is 25.7 Å². The van der Waals surface area contributed by atoms with Crippen LogP contribution in [-0.2, 0) is 19.3 Å². The molecule has 1 nitrogen and oxygen atoms in total. The maximum Gasteiger partial charge on any atom is 0.0453 e. The third kappa shape index (κ3) is 2.96. The summed E-state index contributed by atoms with van der Waals surface area (Å²) < 4.78 is 0. The summed E-state index contributed by atoms with van der Waals surface area (Å²) >= 11 is 12.7. The number of hydrogen-bond acceptors (Lipinski definition) is 1. The molecule has 0 fully saturated rings. The van der Waals surface area contributed by atoms with Gasteiger partial charge in [-0.3, -0.25) is 0 Å². The van der Waals surface area contributed by atoms with Crippen molar-refractivity contribution in [3.8, 4) is 0 Å². The Morgan fingerprint density at radius 2 is 1.62 bits per heavy atom. The van der Waals surface area contributed by atoms with Crippen LogP contribution in [0.1, 0.15) is 23.1 Å². The molecule has 0 saturated heterocycles. The van der Waals surface area contributed by atoms with E-state index in [1.807, 2.05) is 18.2 Å². The van der Waals surface area contributed by atoms with Crippen molar-refractivity contribution in [1.29, 1.82) is 0 Å². The molecule has 0 amide bonds. The average Bonchev–Trinajstić information content (AvgIpc) is 2.51. The molecule has 2 aromatic rings. The van der Waals surface area contributed by atoms with Gasteiger partial charge < -0.3 is 5.73 Å². The predicted octanol–water partition coefficient (Wildman–Crippen LogP) is 4.67. The van der Waals surface area contributed by atoms with Gasteiger partial charge in [-0.25, -0.2) is 0 Å². The maximum absolute atomic E-state index is 6.34. The molecular formula is C18H19Cl2N. The largest absolute Gasteiger partial charge is 0.330 e. The van der Waals surface area contributed by atoms with Gasteiger partial charge in [0.2, 0.25) is 0 Å². The first kappa shape index (κ1) is 14.9. The van der Waals surface area contributed by atoms with E-state index < -0.39 is 0 Å². The third-order valence-corrected chi connectivity index (χ3v) is 5.36. The van der Waals surface area contributed by atoms with E-state index >= 15 is 0 Å². The Kier molecular flexibility index (Phi) is 4.26. The van der Waals surface area contributed by atoms with Gasteiger partial charge in [0, 0.05) is 10.0 Å². The second-order valence-corrected chi connectivity index (χ2v) is 6.84. The molecule has 3 heteroatoms. The molecule has 1 aliphatic rings. The highest BCUT2D eigenvalue weighted by molar-refractivity contribution is 6.36. The molecule has 2 aromatic carbocycles. The van der Waals surface area contributed by atoms with Crippen LogP contribution < -0.4 is 5.73 Å². The van der Waals surface area contributed by atoms with Crippen LogP contribution in [0.4, 0.5) is 0 Å². The highest BCUT2D eigenvalue weighted by Gasteiger charge is 2.34. The van der Waals surface area contributed by atoms with Gasteiger partial charge in [-0.2, -0.15) is 0 Å². The Hall–Kier alpha value is -1.02. The lowest BCUT2D eigenvalue weighted by molar-refractivity contribution is 0.254. The van der Waals surface area contributed by atoms with E-state index in [1.165, 1.54) is 11.1 Å². The lowest BCUT2D eigenvalue weighted by atomic mass is 9.68. The summed E-state index contributed by atoms with van der Waals surface area (Å²) in [6.45, 7) is 0.656. The van der Waals surface area contributed by atoms with Crippen molar-refractivity contribution >= 4 is 23.2 Å². The molecule has 3 rings (SSSR count). The first-order chi connectivity index (χ1) is 10.1. The van der Waals surface area contributed by atoms with Crippen LogP contribution >= 0.6 is 23.2 Å². The SMILES string of the molecule is NCC1(Cc2c(Cl)cccc2Cl)CCc2ccccc2C1. The Morgan fingerprint density at radius 3 is 2.29 bits per heavy atom. The van der Waals surface area contributed by atoms with Gasteiger partial charge in [-0.05, 0) is 66.5 Å². The van der Waals surface area contributed by atoms with Gasteiger partial charge in [-0.1, -0.05) is 53.5 Å². The minimum Gasteiger partial charge on any atom is -0.330 e. The van der Waals surface area contributed by atoms with Gasteiger partial charge >= 0.3 is 0 Å². The van der Waals surface area contributed by atoms with E-state index in [0.717, 1.165) is 41.3 Å².